The molecule has 0 saturated carbocycles. The van der Waals surface area contributed by atoms with Crippen LogP contribution in [0.4, 0.5) is 16.8 Å². The molecule has 7 nitrogen and oxygen atoms in total. The van der Waals surface area contributed by atoms with Gasteiger partial charge in [0.05, 0.1) is 22.9 Å². The van der Waals surface area contributed by atoms with E-state index in [1.807, 2.05) is 6.20 Å². The van der Waals surface area contributed by atoms with Gasteiger partial charge in [0.25, 0.3) is 0 Å². The zero-order valence-electron chi connectivity index (χ0n) is 15.2. The highest BCUT2D eigenvalue weighted by molar-refractivity contribution is 7.19. The SMILES string of the molecule is COCC(C)Nc1nc2c(s1)-c1nc(Nc3ccc(O)cc3)ncc1CC2. The van der Waals surface area contributed by atoms with Crippen molar-refractivity contribution in [2.24, 2.45) is 0 Å². The molecule has 0 amide bonds. The summed E-state index contributed by atoms with van der Waals surface area (Å²) in [6.45, 7) is 2.70. The third-order valence-electron chi connectivity index (χ3n) is 4.32. The van der Waals surface area contributed by atoms with Crippen molar-refractivity contribution >= 4 is 28.1 Å². The molecule has 3 aromatic rings. The van der Waals surface area contributed by atoms with E-state index in [9.17, 15) is 5.11 Å². The topological polar surface area (TPSA) is 92.2 Å². The predicted molar refractivity (Wildman–Crippen MR) is 107 cm³/mol. The van der Waals surface area contributed by atoms with Crippen LogP contribution in [0.5, 0.6) is 5.75 Å². The number of phenolic OH excluding ortho intramolecular Hbond substituents is 1. The summed E-state index contributed by atoms with van der Waals surface area (Å²) in [7, 11) is 1.70. The molecule has 0 fully saturated rings. The Kier molecular flexibility index (Phi) is 4.91. The molecule has 4 rings (SSSR count). The van der Waals surface area contributed by atoms with Crippen molar-refractivity contribution < 1.29 is 9.84 Å². The molecule has 1 atom stereocenters. The maximum absolute atomic E-state index is 9.41. The monoisotopic (exact) mass is 383 g/mol. The van der Waals surface area contributed by atoms with Crippen LogP contribution in [0.2, 0.25) is 0 Å². The second-order valence-corrected chi connectivity index (χ2v) is 7.53. The van der Waals surface area contributed by atoms with Gasteiger partial charge in [-0.2, -0.15) is 0 Å². The Morgan fingerprint density at radius 2 is 2.04 bits per heavy atom. The van der Waals surface area contributed by atoms with E-state index in [0.717, 1.165) is 45.5 Å². The van der Waals surface area contributed by atoms with E-state index in [0.29, 0.717) is 12.6 Å². The first-order valence-corrected chi connectivity index (χ1v) is 9.61. The average Bonchev–Trinajstić information content (AvgIpc) is 3.06. The molecule has 2 heterocycles. The highest BCUT2D eigenvalue weighted by Crippen LogP contribution is 2.38. The summed E-state index contributed by atoms with van der Waals surface area (Å²) in [4.78, 5) is 15.0. The maximum Gasteiger partial charge on any atom is 0.227 e. The minimum Gasteiger partial charge on any atom is -0.508 e. The Morgan fingerprint density at radius 3 is 2.81 bits per heavy atom. The van der Waals surface area contributed by atoms with Crippen LogP contribution in [0.25, 0.3) is 10.6 Å². The molecule has 140 valence electrons. The molecule has 8 heteroatoms. The quantitative estimate of drug-likeness (QED) is 0.560. The van der Waals surface area contributed by atoms with Crippen molar-refractivity contribution in [1.82, 2.24) is 15.0 Å². The van der Waals surface area contributed by atoms with Gasteiger partial charge in [-0.3, -0.25) is 0 Å². The summed E-state index contributed by atoms with van der Waals surface area (Å²) >= 11 is 1.62. The number of ether oxygens (including phenoxy) is 1. The molecule has 1 unspecified atom stereocenters. The van der Waals surface area contributed by atoms with Crippen molar-refractivity contribution in [3.05, 3.63) is 41.7 Å². The fourth-order valence-corrected chi connectivity index (χ4v) is 4.19. The normalized spacial score (nSPS) is 13.6. The number of phenols is 1. The molecule has 1 aliphatic carbocycles. The number of nitrogens with zero attached hydrogens (tertiary/aromatic N) is 3. The number of anilines is 3. The fourth-order valence-electron chi connectivity index (χ4n) is 3.04. The number of rotatable bonds is 6. The molecule has 0 radical (unpaired) electrons. The zero-order chi connectivity index (χ0) is 18.8. The molecule has 1 aliphatic rings. The number of hydrogen-bond acceptors (Lipinski definition) is 8. The lowest BCUT2D eigenvalue weighted by Crippen LogP contribution is -2.20. The number of methoxy groups -OCH3 is 1. The smallest absolute Gasteiger partial charge is 0.227 e. The molecular formula is C19H21N5O2S. The Labute approximate surface area is 161 Å². The van der Waals surface area contributed by atoms with E-state index in [1.54, 1.807) is 42.7 Å². The summed E-state index contributed by atoms with van der Waals surface area (Å²) in [5, 5.41) is 16.9. The number of benzene rings is 1. The van der Waals surface area contributed by atoms with Crippen LogP contribution < -0.4 is 10.6 Å². The van der Waals surface area contributed by atoms with Gasteiger partial charge in [0.15, 0.2) is 5.13 Å². The predicted octanol–water partition coefficient (Wildman–Crippen LogP) is 3.59. The minimum atomic E-state index is 0.194. The molecule has 1 aromatic carbocycles. The van der Waals surface area contributed by atoms with Gasteiger partial charge in [0.2, 0.25) is 5.95 Å². The van der Waals surface area contributed by atoms with Crippen LogP contribution in [-0.4, -0.2) is 39.8 Å². The van der Waals surface area contributed by atoms with Crippen LogP contribution in [-0.2, 0) is 17.6 Å². The van der Waals surface area contributed by atoms with Gasteiger partial charge in [-0.1, -0.05) is 11.3 Å². The van der Waals surface area contributed by atoms with Crippen LogP contribution in [0.1, 0.15) is 18.2 Å². The number of aryl methyl sites for hydroxylation is 2. The molecule has 0 aliphatic heterocycles. The Hall–Kier alpha value is -2.71. The van der Waals surface area contributed by atoms with Crippen molar-refractivity contribution in [1.29, 1.82) is 0 Å². The van der Waals surface area contributed by atoms with Crippen molar-refractivity contribution in [2.75, 3.05) is 24.4 Å². The summed E-state index contributed by atoms with van der Waals surface area (Å²) in [6, 6.07) is 7.02. The van der Waals surface area contributed by atoms with Crippen LogP contribution >= 0.6 is 11.3 Å². The van der Waals surface area contributed by atoms with Gasteiger partial charge in [-0.25, -0.2) is 15.0 Å². The lowest BCUT2D eigenvalue weighted by molar-refractivity contribution is 0.190. The van der Waals surface area contributed by atoms with Crippen molar-refractivity contribution in [2.45, 2.75) is 25.8 Å². The lowest BCUT2D eigenvalue weighted by Gasteiger charge is -2.14. The molecule has 0 saturated heterocycles. The first kappa shape index (κ1) is 17.7. The molecule has 2 aromatic heterocycles. The zero-order valence-corrected chi connectivity index (χ0v) is 16.0. The van der Waals surface area contributed by atoms with Gasteiger partial charge < -0.3 is 20.5 Å². The first-order valence-electron chi connectivity index (χ1n) is 8.80. The highest BCUT2D eigenvalue weighted by atomic mass is 32.1. The second kappa shape index (κ2) is 7.50. The van der Waals surface area contributed by atoms with Gasteiger partial charge in [0, 0.05) is 25.0 Å². The van der Waals surface area contributed by atoms with Gasteiger partial charge in [-0.15, -0.1) is 0 Å². The molecule has 3 N–H and O–H groups in total. The molecule has 27 heavy (non-hydrogen) atoms. The van der Waals surface area contributed by atoms with Crippen LogP contribution in [0.3, 0.4) is 0 Å². The number of nitrogens with one attached hydrogen (secondary N) is 2. The average molecular weight is 383 g/mol. The number of aromatic nitrogens is 3. The summed E-state index contributed by atoms with van der Waals surface area (Å²) in [5.41, 5.74) is 3.98. The van der Waals surface area contributed by atoms with Gasteiger partial charge >= 0.3 is 0 Å². The molecule has 0 bridgehead atoms. The Balaban J connectivity index is 1.60. The highest BCUT2D eigenvalue weighted by Gasteiger charge is 2.23. The van der Waals surface area contributed by atoms with Crippen molar-refractivity contribution in [3.8, 4) is 16.3 Å². The Bertz CT molecular complexity index is 942. The molecule has 0 spiro atoms. The van der Waals surface area contributed by atoms with E-state index in [2.05, 4.69) is 22.5 Å². The summed E-state index contributed by atoms with van der Waals surface area (Å²) < 4.78 is 5.18. The summed E-state index contributed by atoms with van der Waals surface area (Å²) in [5.74, 6) is 0.756. The minimum absolute atomic E-state index is 0.194. The second-order valence-electron chi connectivity index (χ2n) is 6.53. The standard InChI is InChI=1S/C19H21N5O2S/c1-11(10-26-2)21-19-23-15-8-3-12-9-20-18(24-16(12)17(15)27-19)22-13-4-6-14(25)7-5-13/h4-7,9,11,25H,3,8,10H2,1-2H3,(H,21,23)(H,20,22,24). The number of fused-ring (bicyclic) bond motifs is 3. The van der Waals surface area contributed by atoms with E-state index in [-0.39, 0.29) is 11.8 Å². The van der Waals surface area contributed by atoms with Gasteiger partial charge in [0.1, 0.15) is 5.75 Å². The number of hydrogen-bond donors (Lipinski definition) is 3. The molecular weight excluding hydrogens is 362 g/mol. The number of aromatic hydroxyl groups is 1. The van der Waals surface area contributed by atoms with Gasteiger partial charge in [-0.05, 0) is 49.6 Å². The first-order chi connectivity index (χ1) is 13.1. The number of thiazole rings is 1. The fraction of sp³-hybridized carbons (Fsp3) is 0.316. The largest absolute Gasteiger partial charge is 0.508 e. The third kappa shape index (κ3) is 3.86. The van der Waals surface area contributed by atoms with E-state index in [4.69, 9.17) is 14.7 Å². The van der Waals surface area contributed by atoms with Crippen molar-refractivity contribution in [3.63, 3.8) is 0 Å². The third-order valence-corrected chi connectivity index (χ3v) is 5.35. The van der Waals surface area contributed by atoms with E-state index < -0.39 is 0 Å². The van der Waals surface area contributed by atoms with Crippen LogP contribution in [0.15, 0.2) is 30.5 Å². The Morgan fingerprint density at radius 1 is 1.22 bits per heavy atom. The lowest BCUT2D eigenvalue weighted by atomic mass is 10.00. The van der Waals surface area contributed by atoms with E-state index in [1.165, 1.54) is 0 Å². The maximum atomic E-state index is 9.41. The van der Waals surface area contributed by atoms with E-state index >= 15 is 0 Å². The van der Waals surface area contributed by atoms with Crippen LogP contribution in [0, 0.1) is 0 Å². The summed E-state index contributed by atoms with van der Waals surface area (Å²) in [6.07, 6.45) is 3.67.